The van der Waals surface area contributed by atoms with Crippen LogP contribution in [0.1, 0.15) is 6.42 Å². The average Bonchev–Trinajstić information content (AvgIpc) is 2.20. The molecule has 3 rings (SSSR count). The van der Waals surface area contributed by atoms with E-state index in [1.54, 1.807) is 6.26 Å². The minimum Gasteiger partial charge on any atom is -0.493 e. The highest BCUT2D eigenvalue weighted by Gasteiger charge is 2.79. The number of carbonyl (C=O) groups excluding carboxylic acids is 1. The van der Waals surface area contributed by atoms with Crippen LogP contribution in [0.3, 0.4) is 0 Å². The molecular formula is C7H6O2. The van der Waals surface area contributed by atoms with Gasteiger partial charge in [0.2, 0.25) is 0 Å². The van der Waals surface area contributed by atoms with Crippen LogP contribution in [0, 0.1) is 11.8 Å². The molecule has 2 fully saturated rings. The van der Waals surface area contributed by atoms with Crippen LogP contribution in [0.2, 0.25) is 0 Å². The standard InChI is InChI=1S/C7H6O2/c8-5-3-7-4(6(5)7)1-2-9-7/h1-2,4,6H,3H2. The lowest BCUT2D eigenvalue weighted by atomic mass is 9.94. The minimum atomic E-state index is 0.0110. The van der Waals surface area contributed by atoms with E-state index in [-0.39, 0.29) is 11.5 Å². The molecule has 2 saturated carbocycles. The number of hydrogen-bond donors (Lipinski definition) is 0. The summed E-state index contributed by atoms with van der Waals surface area (Å²) in [6.07, 6.45) is 4.40. The highest BCUT2D eigenvalue weighted by molar-refractivity contribution is 5.97. The topological polar surface area (TPSA) is 26.3 Å². The third-order valence-electron chi connectivity index (χ3n) is 2.71. The molecule has 3 aliphatic rings. The molecule has 1 heterocycles. The van der Waals surface area contributed by atoms with Crippen LogP contribution in [0.4, 0.5) is 0 Å². The zero-order valence-electron chi connectivity index (χ0n) is 4.83. The van der Waals surface area contributed by atoms with E-state index in [0.717, 1.165) is 0 Å². The van der Waals surface area contributed by atoms with Crippen LogP contribution in [-0.4, -0.2) is 11.4 Å². The summed E-state index contributed by atoms with van der Waals surface area (Å²) in [5.74, 6) is 1.12. The Kier molecular flexibility index (Phi) is 0.381. The van der Waals surface area contributed by atoms with Crippen LogP contribution < -0.4 is 0 Å². The van der Waals surface area contributed by atoms with Gasteiger partial charge < -0.3 is 4.74 Å². The van der Waals surface area contributed by atoms with Gasteiger partial charge in [-0.1, -0.05) is 0 Å². The van der Waals surface area contributed by atoms with Crippen LogP contribution in [0.25, 0.3) is 0 Å². The molecule has 0 N–H and O–H groups in total. The van der Waals surface area contributed by atoms with Crippen molar-refractivity contribution in [3.63, 3.8) is 0 Å². The summed E-state index contributed by atoms with van der Waals surface area (Å²) >= 11 is 0. The molecule has 2 heteroatoms. The maximum Gasteiger partial charge on any atom is 0.144 e. The molecule has 3 atom stereocenters. The predicted molar refractivity (Wildman–Crippen MR) is 29.6 cm³/mol. The highest BCUT2D eigenvalue weighted by atomic mass is 16.5. The van der Waals surface area contributed by atoms with Crippen molar-refractivity contribution in [2.75, 3.05) is 0 Å². The number of hydrogen-bond acceptors (Lipinski definition) is 2. The molecule has 46 valence electrons. The number of carbonyl (C=O) groups is 1. The van der Waals surface area contributed by atoms with Gasteiger partial charge in [0.1, 0.15) is 11.4 Å². The lowest BCUT2D eigenvalue weighted by molar-refractivity contribution is -0.131. The Balaban J connectivity index is 2.07. The Hall–Kier alpha value is -0.790. The Labute approximate surface area is 52.5 Å². The van der Waals surface area contributed by atoms with E-state index in [1.165, 1.54) is 0 Å². The largest absolute Gasteiger partial charge is 0.493 e. The second-order valence-electron chi connectivity index (χ2n) is 3.05. The van der Waals surface area contributed by atoms with Crippen molar-refractivity contribution in [2.24, 2.45) is 11.8 Å². The molecule has 1 aliphatic heterocycles. The molecule has 0 bridgehead atoms. The predicted octanol–water partition coefficient (Wildman–Crippen LogP) is 0.488. The fourth-order valence-electron chi connectivity index (χ4n) is 2.11. The lowest BCUT2D eigenvalue weighted by Gasteiger charge is -2.21. The van der Waals surface area contributed by atoms with E-state index in [1.807, 2.05) is 6.08 Å². The summed E-state index contributed by atoms with van der Waals surface area (Å²) < 4.78 is 5.28. The van der Waals surface area contributed by atoms with Crippen LogP contribution in [0.5, 0.6) is 0 Å². The summed E-state index contributed by atoms with van der Waals surface area (Å²) in [6, 6.07) is 0. The summed E-state index contributed by atoms with van der Waals surface area (Å²) in [7, 11) is 0. The van der Waals surface area contributed by atoms with E-state index in [0.29, 0.717) is 18.1 Å². The second kappa shape index (κ2) is 0.838. The van der Waals surface area contributed by atoms with Gasteiger partial charge in [-0.05, 0) is 6.08 Å². The molecule has 9 heavy (non-hydrogen) atoms. The first-order valence-electron chi connectivity index (χ1n) is 3.22. The van der Waals surface area contributed by atoms with Crippen molar-refractivity contribution in [1.29, 1.82) is 0 Å². The van der Waals surface area contributed by atoms with E-state index in [4.69, 9.17) is 4.74 Å². The molecule has 0 aromatic carbocycles. The summed E-state index contributed by atoms with van der Waals surface area (Å²) in [4.78, 5) is 10.8. The van der Waals surface area contributed by atoms with Gasteiger partial charge in [0.05, 0.1) is 12.2 Å². The second-order valence-corrected chi connectivity index (χ2v) is 3.05. The number of ketones is 1. The summed E-state index contributed by atoms with van der Waals surface area (Å²) in [5.41, 5.74) is 0.0110. The van der Waals surface area contributed by atoms with E-state index in [9.17, 15) is 4.79 Å². The lowest BCUT2D eigenvalue weighted by Crippen LogP contribution is -2.32. The van der Waals surface area contributed by atoms with Gasteiger partial charge in [-0.25, -0.2) is 0 Å². The first kappa shape index (κ1) is 4.09. The van der Waals surface area contributed by atoms with Crippen LogP contribution in [0.15, 0.2) is 12.3 Å². The Morgan fingerprint density at radius 1 is 1.78 bits per heavy atom. The van der Waals surface area contributed by atoms with Gasteiger partial charge >= 0.3 is 0 Å². The smallest absolute Gasteiger partial charge is 0.144 e. The van der Waals surface area contributed by atoms with E-state index < -0.39 is 0 Å². The summed E-state index contributed by atoms with van der Waals surface area (Å²) in [5, 5.41) is 0. The SMILES string of the molecule is O=C1CC23OC=CC2C13. The monoisotopic (exact) mass is 122 g/mol. The molecule has 2 aliphatic carbocycles. The molecule has 2 nitrogen and oxygen atoms in total. The molecule has 0 aromatic heterocycles. The first-order chi connectivity index (χ1) is 4.34. The minimum absolute atomic E-state index is 0.0110. The number of Topliss-reactive ketones (excluding diaryl/α,β-unsaturated/α-hetero) is 1. The Bertz CT molecular complexity index is 225. The summed E-state index contributed by atoms with van der Waals surface area (Å²) in [6.45, 7) is 0. The number of fused-ring (bicyclic) bond motifs is 1. The maximum atomic E-state index is 10.8. The quantitative estimate of drug-likeness (QED) is 0.467. The van der Waals surface area contributed by atoms with Crippen molar-refractivity contribution in [3.8, 4) is 0 Å². The van der Waals surface area contributed by atoms with Gasteiger partial charge in [-0.15, -0.1) is 0 Å². The zero-order chi connectivity index (χ0) is 6.06. The Morgan fingerprint density at radius 2 is 2.67 bits per heavy atom. The van der Waals surface area contributed by atoms with Gasteiger partial charge in [0, 0.05) is 12.3 Å². The fraction of sp³-hybridized carbons (Fsp3) is 0.571. The van der Waals surface area contributed by atoms with Gasteiger partial charge in [0.25, 0.3) is 0 Å². The molecule has 1 spiro atoms. The van der Waals surface area contributed by atoms with Gasteiger partial charge in [-0.2, -0.15) is 0 Å². The number of ether oxygens (including phenoxy) is 1. The fourth-order valence-corrected chi connectivity index (χ4v) is 2.11. The van der Waals surface area contributed by atoms with Crippen molar-refractivity contribution >= 4 is 5.78 Å². The third kappa shape index (κ3) is 0.229. The molecule has 0 radical (unpaired) electrons. The van der Waals surface area contributed by atoms with Crippen molar-refractivity contribution < 1.29 is 9.53 Å². The normalized spacial score (nSPS) is 57.6. The maximum absolute atomic E-state index is 10.8. The molecule has 0 aromatic rings. The zero-order valence-corrected chi connectivity index (χ0v) is 4.83. The molecule has 0 amide bonds. The van der Waals surface area contributed by atoms with E-state index in [2.05, 4.69) is 0 Å². The molecular weight excluding hydrogens is 116 g/mol. The third-order valence-corrected chi connectivity index (χ3v) is 2.71. The number of rotatable bonds is 0. The molecule has 0 saturated heterocycles. The average molecular weight is 122 g/mol. The molecule has 3 unspecified atom stereocenters. The van der Waals surface area contributed by atoms with Gasteiger partial charge in [-0.3, -0.25) is 4.79 Å². The highest BCUT2D eigenvalue weighted by Crippen LogP contribution is 2.68. The van der Waals surface area contributed by atoms with Crippen molar-refractivity contribution in [2.45, 2.75) is 12.0 Å². The van der Waals surface area contributed by atoms with Gasteiger partial charge in [0.15, 0.2) is 0 Å². The van der Waals surface area contributed by atoms with Crippen LogP contribution >= 0.6 is 0 Å². The van der Waals surface area contributed by atoms with Crippen molar-refractivity contribution in [3.05, 3.63) is 12.3 Å². The van der Waals surface area contributed by atoms with Crippen LogP contribution in [-0.2, 0) is 9.53 Å². The first-order valence-corrected chi connectivity index (χ1v) is 3.22. The van der Waals surface area contributed by atoms with Crippen molar-refractivity contribution in [1.82, 2.24) is 0 Å². The van der Waals surface area contributed by atoms with E-state index >= 15 is 0 Å². The Morgan fingerprint density at radius 3 is 3.22 bits per heavy atom.